The molecule has 0 bridgehead atoms. The first kappa shape index (κ1) is 12.2. The third-order valence-corrected chi connectivity index (χ3v) is 1.46. The summed E-state index contributed by atoms with van der Waals surface area (Å²) in [7, 11) is 4.07. The van der Waals surface area contributed by atoms with Gasteiger partial charge in [-0.2, -0.15) is 5.90 Å². The van der Waals surface area contributed by atoms with E-state index in [1.165, 1.54) is 0 Å². The molecule has 0 saturated carbocycles. The zero-order valence-electron chi connectivity index (χ0n) is 8.71. The summed E-state index contributed by atoms with van der Waals surface area (Å²) < 4.78 is 0. The van der Waals surface area contributed by atoms with Crippen LogP contribution in [0.15, 0.2) is 4.99 Å². The highest BCUT2D eigenvalue weighted by Crippen LogP contribution is 1.85. The van der Waals surface area contributed by atoms with E-state index in [4.69, 9.17) is 5.90 Å². The van der Waals surface area contributed by atoms with E-state index in [9.17, 15) is 0 Å². The van der Waals surface area contributed by atoms with Gasteiger partial charge in [-0.25, -0.2) is 4.99 Å². The highest BCUT2D eigenvalue weighted by Gasteiger charge is 1.94. The van der Waals surface area contributed by atoms with Crippen molar-refractivity contribution in [3.05, 3.63) is 0 Å². The van der Waals surface area contributed by atoms with Gasteiger partial charge in [-0.15, -0.1) is 0 Å². The predicted octanol–water partition coefficient (Wildman–Crippen LogP) is -0.206. The monoisotopic (exact) mass is 188 g/mol. The lowest BCUT2D eigenvalue weighted by Crippen LogP contribution is -2.28. The molecule has 13 heavy (non-hydrogen) atoms. The Morgan fingerprint density at radius 2 is 2.23 bits per heavy atom. The van der Waals surface area contributed by atoms with Gasteiger partial charge in [0.2, 0.25) is 0 Å². The molecule has 0 radical (unpaired) electrons. The van der Waals surface area contributed by atoms with E-state index in [0.717, 1.165) is 26.1 Å². The van der Waals surface area contributed by atoms with Crippen LogP contribution >= 0.6 is 0 Å². The van der Waals surface area contributed by atoms with Crippen molar-refractivity contribution in [2.24, 2.45) is 10.9 Å². The third-order valence-electron chi connectivity index (χ3n) is 1.46. The van der Waals surface area contributed by atoms with E-state index in [0.29, 0.717) is 6.02 Å². The van der Waals surface area contributed by atoms with Crippen molar-refractivity contribution >= 4 is 6.02 Å². The minimum Gasteiger partial charge on any atom is -0.374 e. The number of amidine groups is 1. The minimum atomic E-state index is 0.418. The van der Waals surface area contributed by atoms with Crippen LogP contribution in [0.1, 0.15) is 13.3 Å². The Kier molecular flexibility index (Phi) is 7.33. The van der Waals surface area contributed by atoms with Crippen LogP contribution < -0.4 is 11.2 Å². The number of nitrogens with zero attached hydrogens (tertiary/aromatic N) is 2. The molecule has 0 aromatic rings. The number of hydrogen-bond donors (Lipinski definition) is 2. The average molecular weight is 188 g/mol. The minimum absolute atomic E-state index is 0.418. The number of aliphatic imine (C=N–C) groups is 1. The van der Waals surface area contributed by atoms with Crippen molar-refractivity contribution in [2.45, 2.75) is 13.3 Å². The Bertz CT molecular complexity index is 147. The number of nitrogens with one attached hydrogen (secondary N) is 1. The first-order chi connectivity index (χ1) is 6.20. The van der Waals surface area contributed by atoms with Gasteiger partial charge in [-0.3, -0.25) is 0 Å². The number of rotatable bonds is 5. The largest absolute Gasteiger partial charge is 0.374 e. The molecule has 3 N–H and O–H groups in total. The van der Waals surface area contributed by atoms with Crippen LogP contribution in [0.2, 0.25) is 0 Å². The van der Waals surface area contributed by atoms with Gasteiger partial charge in [0.05, 0.1) is 0 Å². The first-order valence-electron chi connectivity index (χ1n) is 4.50. The lowest BCUT2D eigenvalue weighted by molar-refractivity contribution is 0.301. The van der Waals surface area contributed by atoms with Crippen molar-refractivity contribution < 1.29 is 4.84 Å². The van der Waals surface area contributed by atoms with Crippen molar-refractivity contribution in [3.8, 4) is 0 Å². The van der Waals surface area contributed by atoms with Gasteiger partial charge >= 0.3 is 6.02 Å². The quantitative estimate of drug-likeness (QED) is 0.271. The van der Waals surface area contributed by atoms with Crippen molar-refractivity contribution in [2.75, 3.05) is 33.7 Å². The molecule has 0 aliphatic heterocycles. The molecular weight excluding hydrogens is 168 g/mol. The summed E-state index contributed by atoms with van der Waals surface area (Å²) in [4.78, 5) is 10.8. The van der Waals surface area contributed by atoms with Crippen LogP contribution in [0.4, 0.5) is 0 Å². The summed E-state index contributed by atoms with van der Waals surface area (Å²) >= 11 is 0. The van der Waals surface area contributed by atoms with E-state index in [1.54, 1.807) is 0 Å². The summed E-state index contributed by atoms with van der Waals surface area (Å²) in [6.07, 6.45) is 1.01. The molecule has 0 spiro atoms. The summed E-state index contributed by atoms with van der Waals surface area (Å²) in [6.45, 7) is 4.49. The van der Waals surface area contributed by atoms with Crippen molar-refractivity contribution in [1.29, 1.82) is 0 Å². The summed E-state index contributed by atoms with van der Waals surface area (Å²) in [5.41, 5.74) is 0. The molecule has 78 valence electrons. The fraction of sp³-hybridized carbons (Fsp3) is 0.875. The fourth-order valence-corrected chi connectivity index (χ4v) is 0.854. The molecule has 0 heterocycles. The zero-order valence-corrected chi connectivity index (χ0v) is 8.71. The van der Waals surface area contributed by atoms with Gasteiger partial charge in [0, 0.05) is 13.1 Å². The highest BCUT2D eigenvalue weighted by molar-refractivity contribution is 5.72. The van der Waals surface area contributed by atoms with Crippen LogP contribution in [0.5, 0.6) is 0 Å². The Hall–Kier alpha value is -0.810. The lowest BCUT2D eigenvalue weighted by Gasteiger charge is -2.08. The third kappa shape index (κ3) is 7.55. The SMILES string of the molecule is CCNC(=NCCCN(C)C)ON. The van der Waals surface area contributed by atoms with Gasteiger partial charge in [0.1, 0.15) is 0 Å². The standard InChI is InChI=1S/C8H20N4O/c1-4-10-8(13-9)11-6-5-7-12(2)3/h4-7,9H2,1-3H3,(H,10,11). The van der Waals surface area contributed by atoms with Crippen LogP contribution in [-0.4, -0.2) is 44.7 Å². The van der Waals surface area contributed by atoms with Gasteiger partial charge in [0.15, 0.2) is 0 Å². The highest BCUT2D eigenvalue weighted by atomic mass is 16.6. The molecule has 5 nitrogen and oxygen atoms in total. The van der Waals surface area contributed by atoms with E-state index in [1.807, 2.05) is 21.0 Å². The second-order valence-corrected chi connectivity index (χ2v) is 2.99. The maximum atomic E-state index is 5.00. The second kappa shape index (κ2) is 7.82. The average Bonchev–Trinajstić information content (AvgIpc) is 2.10. The second-order valence-electron chi connectivity index (χ2n) is 2.99. The molecule has 0 aromatic heterocycles. The zero-order chi connectivity index (χ0) is 10.1. The maximum Gasteiger partial charge on any atom is 0.304 e. The molecule has 5 heteroatoms. The van der Waals surface area contributed by atoms with Crippen LogP contribution in [0, 0.1) is 0 Å². The topological polar surface area (TPSA) is 62.9 Å². The molecule has 0 atom stereocenters. The Balaban J connectivity index is 3.54. The molecule has 0 aliphatic rings. The van der Waals surface area contributed by atoms with Gasteiger partial charge in [-0.1, -0.05) is 0 Å². The van der Waals surface area contributed by atoms with Crippen LogP contribution in [0.3, 0.4) is 0 Å². The van der Waals surface area contributed by atoms with Crippen LogP contribution in [0.25, 0.3) is 0 Å². The summed E-state index contributed by atoms with van der Waals surface area (Å²) in [5, 5.41) is 2.91. The van der Waals surface area contributed by atoms with Crippen molar-refractivity contribution in [1.82, 2.24) is 10.2 Å². The Morgan fingerprint density at radius 1 is 1.54 bits per heavy atom. The van der Waals surface area contributed by atoms with E-state index in [-0.39, 0.29) is 0 Å². The Labute approximate surface area is 79.9 Å². The van der Waals surface area contributed by atoms with Crippen LogP contribution in [-0.2, 0) is 4.84 Å². The molecule has 0 fully saturated rings. The summed E-state index contributed by atoms with van der Waals surface area (Å²) in [5.74, 6) is 5.00. The summed E-state index contributed by atoms with van der Waals surface area (Å²) in [6, 6.07) is 0.418. The van der Waals surface area contributed by atoms with Gasteiger partial charge in [-0.05, 0) is 34.0 Å². The Morgan fingerprint density at radius 3 is 2.69 bits per heavy atom. The molecule has 0 rings (SSSR count). The normalized spacial score (nSPS) is 11.9. The van der Waals surface area contributed by atoms with E-state index in [2.05, 4.69) is 20.0 Å². The number of hydrogen-bond acceptors (Lipinski definition) is 4. The molecule has 0 aromatic carbocycles. The number of nitrogens with two attached hydrogens (primary N) is 1. The molecule has 0 aliphatic carbocycles. The molecule has 0 saturated heterocycles. The van der Waals surface area contributed by atoms with Gasteiger partial charge < -0.3 is 15.1 Å². The van der Waals surface area contributed by atoms with Gasteiger partial charge in [0.25, 0.3) is 0 Å². The maximum absolute atomic E-state index is 5.00. The predicted molar refractivity (Wildman–Crippen MR) is 54.4 cm³/mol. The first-order valence-corrected chi connectivity index (χ1v) is 4.50. The fourth-order valence-electron chi connectivity index (χ4n) is 0.854. The molecule has 0 amide bonds. The smallest absolute Gasteiger partial charge is 0.304 e. The molecule has 0 unspecified atom stereocenters. The van der Waals surface area contributed by atoms with E-state index < -0.39 is 0 Å². The lowest BCUT2D eigenvalue weighted by atomic mass is 10.4. The molecular formula is C8H20N4O. The van der Waals surface area contributed by atoms with Crippen molar-refractivity contribution in [3.63, 3.8) is 0 Å². The van der Waals surface area contributed by atoms with E-state index >= 15 is 0 Å².